The van der Waals surface area contributed by atoms with Crippen LogP contribution in [0.1, 0.15) is 43.0 Å². The van der Waals surface area contributed by atoms with Crippen molar-refractivity contribution >= 4 is 29.0 Å². The monoisotopic (exact) mass is 280 g/mol. The Kier molecular flexibility index (Phi) is 4.43. The van der Waals surface area contributed by atoms with Crippen LogP contribution in [-0.2, 0) is 0 Å². The zero-order chi connectivity index (χ0) is 13.8. The molecule has 2 rings (SSSR count). The zero-order valence-electron chi connectivity index (χ0n) is 10.8. The van der Waals surface area contributed by atoms with Crippen molar-refractivity contribution in [2.75, 3.05) is 5.43 Å². The molecular formula is C14H17ClN2O2. The van der Waals surface area contributed by atoms with Crippen LogP contribution in [0.15, 0.2) is 23.3 Å². The van der Waals surface area contributed by atoms with Gasteiger partial charge in [-0.2, -0.15) is 5.10 Å². The molecule has 1 aromatic rings. The number of benzene rings is 1. The lowest BCUT2D eigenvalue weighted by molar-refractivity contribution is 0.0697. The van der Waals surface area contributed by atoms with Crippen molar-refractivity contribution in [1.29, 1.82) is 0 Å². The molecule has 5 heteroatoms. The fourth-order valence-electron chi connectivity index (χ4n) is 2.26. The summed E-state index contributed by atoms with van der Waals surface area (Å²) in [4.78, 5) is 11.0. The van der Waals surface area contributed by atoms with Gasteiger partial charge in [-0.15, -0.1) is 0 Å². The van der Waals surface area contributed by atoms with Crippen molar-refractivity contribution < 1.29 is 9.90 Å². The van der Waals surface area contributed by atoms with Crippen LogP contribution in [0.25, 0.3) is 0 Å². The SMILES string of the molecule is C[C@@H]1CCC/C(=N/Nc2ccc(Cl)c(C(=O)O)c2)C1. The van der Waals surface area contributed by atoms with E-state index >= 15 is 0 Å². The molecule has 1 saturated carbocycles. The van der Waals surface area contributed by atoms with Crippen molar-refractivity contribution in [1.82, 2.24) is 0 Å². The number of hydrogen-bond acceptors (Lipinski definition) is 3. The molecule has 0 aliphatic heterocycles. The number of halogens is 1. The fourth-order valence-corrected chi connectivity index (χ4v) is 2.46. The highest BCUT2D eigenvalue weighted by atomic mass is 35.5. The van der Waals surface area contributed by atoms with Gasteiger partial charge in [-0.25, -0.2) is 4.79 Å². The predicted octanol–water partition coefficient (Wildman–Crippen LogP) is 4.02. The van der Waals surface area contributed by atoms with Gasteiger partial charge < -0.3 is 5.11 Å². The Labute approximate surface area is 117 Å². The average Bonchev–Trinajstić information content (AvgIpc) is 2.37. The van der Waals surface area contributed by atoms with Gasteiger partial charge in [0.2, 0.25) is 0 Å². The maximum atomic E-state index is 11.0. The Balaban J connectivity index is 2.09. The highest BCUT2D eigenvalue weighted by Crippen LogP contribution is 2.23. The molecule has 0 spiro atoms. The van der Waals surface area contributed by atoms with E-state index < -0.39 is 5.97 Å². The summed E-state index contributed by atoms with van der Waals surface area (Å²) < 4.78 is 0. The number of carboxylic acid groups (broad SMARTS) is 1. The fraction of sp³-hybridized carbons (Fsp3) is 0.429. The third kappa shape index (κ3) is 3.70. The van der Waals surface area contributed by atoms with E-state index in [2.05, 4.69) is 17.5 Å². The van der Waals surface area contributed by atoms with E-state index in [0.717, 1.165) is 18.6 Å². The van der Waals surface area contributed by atoms with E-state index in [1.54, 1.807) is 12.1 Å². The van der Waals surface area contributed by atoms with E-state index in [-0.39, 0.29) is 10.6 Å². The minimum Gasteiger partial charge on any atom is -0.478 e. The molecule has 0 heterocycles. The number of hydrazone groups is 1. The van der Waals surface area contributed by atoms with Crippen LogP contribution in [-0.4, -0.2) is 16.8 Å². The summed E-state index contributed by atoms with van der Waals surface area (Å²) in [6, 6.07) is 4.79. The third-order valence-electron chi connectivity index (χ3n) is 3.29. The molecule has 0 unspecified atom stereocenters. The van der Waals surface area contributed by atoms with Gasteiger partial charge in [0.1, 0.15) is 0 Å². The Hall–Kier alpha value is -1.55. The number of rotatable bonds is 3. The number of nitrogens with zero attached hydrogens (tertiary/aromatic N) is 1. The topological polar surface area (TPSA) is 61.7 Å². The van der Waals surface area contributed by atoms with Crippen molar-refractivity contribution in [3.05, 3.63) is 28.8 Å². The quantitative estimate of drug-likeness (QED) is 0.822. The lowest BCUT2D eigenvalue weighted by Gasteiger charge is -2.19. The third-order valence-corrected chi connectivity index (χ3v) is 3.62. The molecule has 1 aromatic carbocycles. The van der Waals surface area contributed by atoms with Gasteiger partial charge in [-0.05, 0) is 49.8 Å². The number of nitrogens with one attached hydrogen (secondary N) is 1. The summed E-state index contributed by atoms with van der Waals surface area (Å²) >= 11 is 5.81. The molecule has 1 aliphatic carbocycles. The Bertz CT molecular complexity index is 514. The lowest BCUT2D eigenvalue weighted by Crippen LogP contribution is -2.14. The normalized spacial score (nSPS) is 21.4. The highest BCUT2D eigenvalue weighted by molar-refractivity contribution is 6.33. The van der Waals surface area contributed by atoms with Crippen molar-refractivity contribution in [2.45, 2.75) is 32.6 Å². The zero-order valence-corrected chi connectivity index (χ0v) is 11.6. The smallest absolute Gasteiger partial charge is 0.337 e. The first-order valence-electron chi connectivity index (χ1n) is 6.40. The van der Waals surface area contributed by atoms with Crippen LogP contribution in [0, 0.1) is 5.92 Å². The molecule has 2 N–H and O–H groups in total. The Morgan fingerprint density at radius 3 is 3.00 bits per heavy atom. The first kappa shape index (κ1) is 13.9. The molecule has 1 aliphatic rings. The van der Waals surface area contributed by atoms with Crippen molar-refractivity contribution in [3.63, 3.8) is 0 Å². The van der Waals surface area contributed by atoms with Crippen molar-refractivity contribution in [2.24, 2.45) is 11.0 Å². The van der Waals surface area contributed by atoms with E-state index in [0.29, 0.717) is 11.6 Å². The molecule has 0 radical (unpaired) electrons. The number of hydrogen-bond donors (Lipinski definition) is 2. The summed E-state index contributed by atoms with van der Waals surface area (Å²) in [5, 5.41) is 13.6. The first-order valence-corrected chi connectivity index (χ1v) is 6.78. The second kappa shape index (κ2) is 6.06. The molecule has 0 aromatic heterocycles. The molecule has 1 fully saturated rings. The maximum Gasteiger partial charge on any atom is 0.337 e. The number of aromatic carboxylic acids is 1. The van der Waals surface area contributed by atoms with Gasteiger partial charge in [0.05, 0.1) is 16.3 Å². The second-order valence-corrected chi connectivity index (χ2v) is 5.40. The van der Waals surface area contributed by atoms with Crippen LogP contribution in [0.2, 0.25) is 5.02 Å². The van der Waals surface area contributed by atoms with Gasteiger partial charge in [-0.1, -0.05) is 18.5 Å². The predicted molar refractivity (Wildman–Crippen MR) is 77.1 cm³/mol. The standard InChI is InChI=1S/C14H17ClN2O2/c1-9-3-2-4-10(7-9)16-17-11-5-6-13(15)12(8-11)14(18)19/h5-6,8-9,17H,2-4,7H2,1H3,(H,18,19)/b16-10-/t9-/m1/s1. The van der Waals surface area contributed by atoms with Crippen molar-refractivity contribution in [3.8, 4) is 0 Å². The highest BCUT2D eigenvalue weighted by Gasteiger charge is 2.14. The first-order chi connectivity index (χ1) is 9.06. The van der Waals surface area contributed by atoms with Gasteiger partial charge >= 0.3 is 5.97 Å². The number of carboxylic acids is 1. The second-order valence-electron chi connectivity index (χ2n) is 4.99. The number of anilines is 1. The van der Waals surface area contributed by atoms with Gasteiger partial charge in [0, 0.05) is 5.71 Å². The van der Waals surface area contributed by atoms with Crippen LogP contribution in [0.5, 0.6) is 0 Å². The summed E-state index contributed by atoms with van der Waals surface area (Å²) in [6.07, 6.45) is 4.44. The molecule has 0 saturated heterocycles. The average molecular weight is 281 g/mol. The molecule has 102 valence electrons. The molecular weight excluding hydrogens is 264 g/mol. The van der Waals surface area contributed by atoms with Crippen LogP contribution < -0.4 is 5.43 Å². The Morgan fingerprint density at radius 1 is 1.53 bits per heavy atom. The lowest BCUT2D eigenvalue weighted by atomic mass is 9.89. The van der Waals surface area contributed by atoms with E-state index in [4.69, 9.17) is 16.7 Å². The summed E-state index contributed by atoms with van der Waals surface area (Å²) in [6.45, 7) is 2.22. The molecule has 0 bridgehead atoms. The Morgan fingerprint density at radius 2 is 2.32 bits per heavy atom. The molecule has 19 heavy (non-hydrogen) atoms. The van der Waals surface area contributed by atoms with Crippen LogP contribution in [0.3, 0.4) is 0 Å². The molecule has 0 amide bonds. The minimum absolute atomic E-state index is 0.0869. The van der Waals surface area contributed by atoms with E-state index in [1.807, 2.05) is 0 Å². The largest absolute Gasteiger partial charge is 0.478 e. The summed E-state index contributed by atoms with van der Waals surface area (Å²) in [7, 11) is 0. The molecule has 1 atom stereocenters. The van der Waals surface area contributed by atoms with Crippen LogP contribution >= 0.6 is 11.6 Å². The summed E-state index contributed by atoms with van der Waals surface area (Å²) in [5.41, 5.74) is 4.80. The maximum absolute atomic E-state index is 11.0. The van der Waals surface area contributed by atoms with Gasteiger partial charge in [0.25, 0.3) is 0 Å². The minimum atomic E-state index is -1.03. The van der Waals surface area contributed by atoms with Gasteiger partial charge in [0.15, 0.2) is 0 Å². The van der Waals surface area contributed by atoms with E-state index in [9.17, 15) is 4.79 Å². The van der Waals surface area contributed by atoms with E-state index in [1.165, 1.54) is 18.9 Å². The van der Waals surface area contributed by atoms with Crippen LogP contribution in [0.4, 0.5) is 5.69 Å². The van der Waals surface area contributed by atoms with Gasteiger partial charge in [-0.3, -0.25) is 5.43 Å². The summed E-state index contributed by atoms with van der Waals surface area (Å²) in [5.74, 6) is -0.360. The number of carbonyl (C=O) groups is 1. The molecule has 4 nitrogen and oxygen atoms in total.